The molecule has 2 N–H and O–H groups in total. The van der Waals surface area contributed by atoms with Crippen molar-refractivity contribution in [2.24, 2.45) is 5.73 Å². The van der Waals surface area contributed by atoms with Crippen molar-refractivity contribution in [2.75, 3.05) is 0 Å². The highest BCUT2D eigenvalue weighted by atomic mass is 32.2. The molecule has 0 saturated heterocycles. The number of rotatable bonds is 3. The fourth-order valence-electron chi connectivity index (χ4n) is 1.43. The molecule has 2 aromatic rings. The largest absolute Gasteiger partial charge is 0.325 e. The second-order valence-corrected chi connectivity index (χ2v) is 4.67. The first-order valence-corrected chi connectivity index (χ1v) is 6.00. The summed E-state index contributed by atoms with van der Waals surface area (Å²) in [4.78, 5) is 6.64. The number of aromatic nitrogens is 1. The van der Waals surface area contributed by atoms with E-state index in [1.54, 1.807) is 11.8 Å². The van der Waals surface area contributed by atoms with Gasteiger partial charge in [-0.3, -0.25) is 4.98 Å². The predicted octanol–water partition coefficient (Wildman–Crippen LogP) is 3.00. The van der Waals surface area contributed by atoms with Crippen LogP contribution in [0.5, 0.6) is 0 Å². The van der Waals surface area contributed by atoms with Crippen LogP contribution in [0.1, 0.15) is 11.3 Å². The number of nitrogens with two attached hydrogens (primary N) is 1. The Morgan fingerprint density at radius 2 is 2.06 bits per heavy atom. The number of aryl methyl sites for hydroxylation is 1. The smallest absolute Gasteiger partial charge is 0.0550 e. The van der Waals surface area contributed by atoms with Crippen molar-refractivity contribution < 1.29 is 0 Å². The van der Waals surface area contributed by atoms with Gasteiger partial charge in [-0.25, -0.2) is 0 Å². The zero-order chi connectivity index (χ0) is 11.4. The molecule has 0 radical (unpaired) electrons. The Bertz CT molecular complexity index is 483. The van der Waals surface area contributed by atoms with Crippen molar-refractivity contribution >= 4 is 11.8 Å². The van der Waals surface area contributed by atoms with Crippen molar-refractivity contribution in [3.05, 3.63) is 53.9 Å². The van der Waals surface area contributed by atoms with E-state index in [1.165, 1.54) is 15.4 Å². The van der Waals surface area contributed by atoms with Gasteiger partial charge in [-0.05, 0) is 30.7 Å². The molecule has 3 heteroatoms. The highest BCUT2D eigenvalue weighted by Gasteiger charge is 2.01. The second kappa shape index (κ2) is 5.14. The summed E-state index contributed by atoms with van der Waals surface area (Å²) in [7, 11) is 0. The predicted molar refractivity (Wildman–Crippen MR) is 67.4 cm³/mol. The van der Waals surface area contributed by atoms with Crippen LogP contribution in [0.4, 0.5) is 0 Å². The van der Waals surface area contributed by atoms with Gasteiger partial charge in [-0.1, -0.05) is 30.0 Å². The van der Waals surface area contributed by atoms with Gasteiger partial charge in [-0.15, -0.1) is 0 Å². The first kappa shape index (κ1) is 11.2. The van der Waals surface area contributed by atoms with E-state index >= 15 is 0 Å². The van der Waals surface area contributed by atoms with Gasteiger partial charge >= 0.3 is 0 Å². The molecule has 2 rings (SSSR count). The second-order valence-electron chi connectivity index (χ2n) is 3.55. The minimum atomic E-state index is 0.488. The van der Waals surface area contributed by atoms with E-state index in [4.69, 9.17) is 5.73 Å². The van der Waals surface area contributed by atoms with E-state index in [9.17, 15) is 0 Å². The fraction of sp³-hybridized carbons (Fsp3) is 0.154. The maximum Gasteiger partial charge on any atom is 0.0550 e. The molecule has 0 aliphatic heterocycles. The van der Waals surface area contributed by atoms with E-state index in [2.05, 4.69) is 36.2 Å². The maximum atomic E-state index is 5.57. The lowest BCUT2D eigenvalue weighted by molar-refractivity contribution is 0.976. The van der Waals surface area contributed by atoms with Crippen molar-refractivity contribution in [1.29, 1.82) is 0 Å². The number of pyridine rings is 1. The standard InChI is InChI=1S/C13H14N2S/c1-10-4-2-3-5-13(10)16-12-6-7-15-11(8-12)9-14/h2-8H,9,14H2,1H3. The van der Waals surface area contributed by atoms with Crippen LogP contribution in [0, 0.1) is 6.92 Å². The van der Waals surface area contributed by atoms with Crippen LogP contribution in [-0.2, 0) is 6.54 Å². The first-order chi connectivity index (χ1) is 7.79. The van der Waals surface area contributed by atoms with Crippen LogP contribution in [0.15, 0.2) is 52.4 Å². The Kier molecular flexibility index (Phi) is 3.59. The van der Waals surface area contributed by atoms with Crippen LogP contribution >= 0.6 is 11.8 Å². The summed E-state index contributed by atoms with van der Waals surface area (Å²) in [5.74, 6) is 0. The summed E-state index contributed by atoms with van der Waals surface area (Å²) in [5.41, 5.74) is 7.79. The van der Waals surface area contributed by atoms with Gasteiger partial charge in [0.1, 0.15) is 0 Å². The Labute approximate surface area is 99.9 Å². The van der Waals surface area contributed by atoms with Gasteiger partial charge in [0.2, 0.25) is 0 Å². The van der Waals surface area contributed by atoms with Gasteiger partial charge in [0.05, 0.1) is 5.69 Å². The van der Waals surface area contributed by atoms with Crippen LogP contribution in [0.3, 0.4) is 0 Å². The van der Waals surface area contributed by atoms with Crippen molar-refractivity contribution in [2.45, 2.75) is 23.3 Å². The number of hydrogen-bond donors (Lipinski definition) is 1. The van der Waals surface area contributed by atoms with Crippen molar-refractivity contribution in [3.8, 4) is 0 Å². The molecular weight excluding hydrogens is 216 g/mol. The molecule has 0 aliphatic rings. The molecule has 0 fully saturated rings. The molecule has 2 nitrogen and oxygen atoms in total. The molecule has 16 heavy (non-hydrogen) atoms. The lowest BCUT2D eigenvalue weighted by Crippen LogP contribution is -1.98. The molecule has 0 atom stereocenters. The highest BCUT2D eigenvalue weighted by Crippen LogP contribution is 2.29. The third kappa shape index (κ3) is 2.62. The summed E-state index contributed by atoms with van der Waals surface area (Å²) in [6.45, 7) is 2.61. The molecule has 1 aromatic heterocycles. The number of benzene rings is 1. The molecule has 1 heterocycles. The lowest BCUT2D eigenvalue weighted by atomic mass is 10.2. The van der Waals surface area contributed by atoms with Gasteiger partial charge in [-0.2, -0.15) is 0 Å². The van der Waals surface area contributed by atoms with Gasteiger partial charge in [0.25, 0.3) is 0 Å². The quantitative estimate of drug-likeness (QED) is 0.881. The molecule has 0 bridgehead atoms. The highest BCUT2D eigenvalue weighted by molar-refractivity contribution is 7.99. The topological polar surface area (TPSA) is 38.9 Å². The fourth-order valence-corrected chi connectivity index (χ4v) is 2.38. The minimum absolute atomic E-state index is 0.488. The summed E-state index contributed by atoms with van der Waals surface area (Å²) >= 11 is 1.75. The molecule has 1 aromatic carbocycles. The molecule has 0 aliphatic carbocycles. The zero-order valence-corrected chi connectivity index (χ0v) is 10.00. The molecule has 82 valence electrons. The van der Waals surface area contributed by atoms with E-state index in [0.717, 1.165) is 5.69 Å². The Morgan fingerprint density at radius 3 is 2.81 bits per heavy atom. The third-order valence-electron chi connectivity index (χ3n) is 2.32. The van der Waals surface area contributed by atoms with Crippen LogP contribution < -0.4 is 5.73 Å². The number of hydrogen-bond acceptors (Lipinski definition) is 3. The van der Waals surface area contributed by atoms with Crippen LogP contribution in [-0.4, -0.2) is 4.98 Å². The Morgan fingerprint density at radius 1 is 1.25 bits per heavy atom. The Hall–Kier alpha value is -1.32. The van der Waals surface area contributed by atoms with E-state index < -0.39 is 0 Å². The normalized spacial score (nSPS) is 10.4. The summed E-state index contributed by atoms with van der Waals surface area (Å²) in [6, 6.07) is 12.4. The van der Waals surface area contributed by atoms with Gasteiger partial charge in [0, 0.05) is 22.5 Å². The number of nitrogens with zero attached hydrogens (tertiary/aromatic N) is 1. The van der Waals surface area contributed by atoms with Crippen molar-refractivity contribution in [3.63, 3.8) is 0 Å². The third-order valence-corrected chi connectivity index (χ3v) is 3.49. The first-order valence-electron chi connectivity index (χ1n) is 5.18. The van der Waals surface area contributed by atoms with E-state index in [0.29, 0.717) is 6.54 Å². The van der Waals surface area contributed by atoms with Crippen LogP contribution in [0.25, 0.3) is 0 Å². The van der Waals surface area contributed by atoms with Crippen LogP contribution in [0.2, 0.25) is 0 Å². The Balaban J connectivity index is 2.24. The molecule has 0 unspecified atom stereocenters. The van der Waals surface area contributed by atoms with Gasteiger partial charge in [0.15, 0.2) is 0 Å². The average molecular weight is 230 g/mol. The monoisotopic (exact) mass is 230 g/mol. The molecular formula is C13H14N2S. The summed E-state index contributed by atoms with van der Waals surface area (Å²) in [5, 5.41) is 0. The maximum absolute atomic E-state index is 5.57. The summed E-state index contributed by atoms with van der Waals surface area (Å²) in [6.07, 6.45) is 1.81. The van der Waals surface area contributed by atoms with E-state index in [1.807, 2.05) is 18.3 Å². The zero-order valence-electron chi connectivity index (χ0n) is 9.18. The van der Waals surface area contributed by atoms with E-state index in [-0.39, 0.29) is 0 Å². The minimum Gasteiger partial charge on any atom is -0.325 e. The lowest BCUT2D eigenvalue weighted by Gasteiger charge is -2.05. The molecule has 0 saturated carbocycles. The molecule has 0 amide bonds. The van der Waals surface area contributed by atoms with Gasteiger partial charge < -0.3 is 5.73 Å². The molecule has 0 spiro atoms. The summed E-state index contributed by atoms with van der Waals surface area (Å²) < 4.78 is 0. The SMILES string of the molecule is Cc1ccccc1Sc1ccnc(CN)c1. The average Bonchev–Trinajstić information content (AvgIpc) is 2.32. The van der Waals surface area contributed by atoms with Crippen molar-refractivity contribution in [1.82, 2.24) is 4.98 Å².